The van der Waals surface area contributed by atoms with Gasteiger partial charge in [0.15, 0.2) is 0 Å². The molecule has 0 bridgehead atoms. The summed E-state index contributed by atoms with van der Waals surface area (Å²) in [6.45, 7) is 1.02. The van der Waals surface area contributed by atoms with Crippen LogP contribution < -0.4 is 16.2 Å². The van der Waals surface area contributed by atoms with Crippen LogP contribution in [0.1, 0.15) is 18.4 Å². The van der Waals surface area contributed by atoms with Gasteiger partial charge in [-0.05, 0) is 25.0 Å². The number of carbonyl (C=O) groups is 1. The molecule has 2 N–H and O–H groups in total. The summed E-state index contributed by atoms with van der Waals surface area (Å²) in [6, 6.07) is 5.70. The Morgan fingerprint density at radius 2 is 2.07 bits per heavy atom. The Kier molecular flexibility index (Phi) is 5.15. The number of piperidine rings is 1. The monoisotopic (exact) mass is 389 g/mol. The number of halogens is 2. The van der Waals surface area contributed by atoms with Crippen molar-refractivity contribution in [2.75, 3.05) is 18.0 Å². The zero-order valence-electron chi connectivity index (χ0n) is 14.6. The molecular weight excluding hydrogens is 373 g/mol. The minimum absolute atomic E-state index is 0.104. The Morgan fingerprint density at radius 3 is 2.63 bits per heavy atom. The SMILES string of the molecule is Cn1c(N2CCC(C(N)=O)CC2)nc(-c2ccc(C#N)c(F)c2)c(Cl)c1=O. The standard InChI is InChI=1S/C18H17ClFN5O2/c1-24-17(27)14(19)15(11-2-3-12(9-21)13(20)8-11)23-18(24)25-6-4-10(5-7-25)16(22)26/h2-3,8,10H,4-7H2,1H3,(H2,22,26). The molecule has 1 aliphatic rings. The average Bonchev–Trinajstić information content (AvgIpc) is 2.66. The maximum atomic E-state index is 14.0. The number of hydrogen-bond donors (Lipinski definition) is 1. The lowest BCUT2D eigenvalue weighted by Crippen LogP contribution is -2.41. The van der Waals surface area contributed by atoms with Crippen LogP contribution in [-0.4, -0.2) is 28.5 Å². The molecule has 9 heteroatoms. The third-order valence-corrected chi connectivity index (χ3v) is 5.10. The molecule has 0 spiro atoms. The van der Waals surface area contributed by atoms with Crippen LogP contribution in [-0.2, 0) is 11.8 Å². The van der Waals surface area contributed by atoms with Crippen LogP contribution in [0.2, 0.25) is 5.02 Å². The molecular formula is C18H17ClFN5O2. The molecule has 0 unspecified atom stereocenters. The molecule has 2 heterocycles. The molecule has 1 saturated heterocycles. The lowest BCUT2D eigenvalue weighted by molar-refractivity contribution is -0.122. The van der Waals surface area contributed by atoms with E-state index in [1.807, 2.05) is 4.90 Å². The Balaban J connectivity index is 2.03. The predicted octanol–water partition coefficient (Wildman–Crippen LogP) is 1.81. The van der Waals surface area contributed by atoms with Gasteiger partial charge in [-0.15, -0.1) is 0 Å². The minimum Gasteiger partial charge on any atom is -0.369 e. The molecule has 1 aliphatic heterocycles. The number of hydrogen-bond acceptors (Lipinski definition) is 5. The highest BCUT2D eigenvalue weighted by Gasteiger charge is 2.26. The summed E-state index contributed by atoms with van der Waals surface area (Å²) in [5.41, 5.74) is 5.25. The van der Waals surface area contributed by atoms with E-state index in [9.17, 15) is 14.0 Å². The summed E-state index contributed by atoms with van der Waals surface area (Å²) in [4.78, 5) is 30.3. The number of carbonyl (C=O) groups excluding carboxylic acids is 1. The van der Waals surface area contributed by atoms with Crippen molar-refractivity contribution in [3.05, 3.63) is 45.0 Å². The maximum absolute atomic E-state index is 14.0. The van der Waals surface area contributed by atoms with E-state index in [2.05, 4.69) is 4.98 Å². The molecule has 1 aromatic carbocycles. The molecule has 140 valence electrons. The van der Waals surface area contributed by atoms with Crippen LogP contribution in [0.25, 0.3) is 11.3 Å². The minimum atomic E-state index is -0.711. The third kappa shape index (κ3) is 3.51. The molecule has 27 heavy (non-hydrogen) atoms. The number of rotatable bonds is 3. The lowest BCUT2D eigenvalue weighted by Gasteiger charge is -2.32. The number of aromatic nitrogens is 2. The molecule has 2 aromatic rings. The predicted molar refractivity (Wildman–Crippen MR) is 98.7 cm³/mol. The van der Waals surface area contributed by atoms with Gasteiger partial charge in [0.2, 0.25) is 11.9 Å². The van der Waals surface area contributed by atoms with Crippen molar-refractivity contribution >= 4 is 23.5 Å². The number of anilines is 1. The van der Waals surface area contributed by atoms with Crippen LogP contribution in [0, 0.1) is 23.1 Å². The second-order valence-corrected chi connectivity index (χ2v) is 6.79. The number of nitrogens with two attached hydrogens (primary N) is 1. The zero-order chi connectivity index (χ0) is 19.7. The van der Waals surface area contributed by atoms with Gasteiger partial charge in [-0.1, -0.05) is 17.7 Å². The topological polar surface area (TPSA) is 105 Å². The molecule has 0 atom stereocenters. The van der Waals surface area contributed by atoms with Crippen LogP contribution >= 0.6 is 11.6 Å². The van der Waals surface area contributed by atoms with Crippen LogP contribution in [0.3, 0.4) is 0 Å². The number of amides is 1. The van der Waals surface area contributed by atoms with Crippen molar-refractivity contribution in [3.63, 3.8) is 0 Å². The second kappa shape index (κ2) is 7.37. The van der Waals surface area contributed by atoms with Crippen molar-refractivity contribution < 1.29 is 9.18 Å². The summed E-state index contributed by atoms with van der Waals surface area (Å²) in [6.07, 6.45) is 1.13. The number of benzene rings is 1. The average molecular weight is 390 g/mol. The van der Waals surface area contributed by atoms with E-state index in [-0.39, 0.29) is 28.1 Å². The highest BCUT2D eigenvalue weighted by molar-refractivity contribution is 6.32. The highest BCUT2D eigenvalue weighted by atomic mass is 35.5. The van der Waals surface area contributed by atoms with Gasteiger partial charge in [-0.3, -0.25) is 14.2 Å². The molecule has 0 aliphatic carbocycles. The van der Waals surface area contributed by atoms with Crippen molar-refractivity contribution in [2.45, 2.75) is 12.8 Å². The Labute approximate surface area is 159 Å². The van der Waals surface area contributed by atoms with E-state index in [1.54, 1.807) is 13.1 Å². The van der Waals surface area contributed by atoms with Crippen LogP contribution in [0.15, 0.2) is 23.0 Å². The van der Waals surface area contributed by atoms with Crippen molar-refractivity contribution in [3.8, 4) is 17.3 Å². The lowest BCUT2D eigenvalue weighted by atomic mass is 9.96. The van der Waals surface area contributed by atoms with E-state index >= 15 is 0 Å². The first kappa shape index (κ1) is 18.9. The maximum Gasteiger partial charge on any atom is 0.274 e. The molecule has 7 nitrogen and oxygen atoms in total. The second-order valence-electron chi connectivity index (χ2n) is 6.41. The van der Waals surface area contributed by atoms with E-state index in [1.165, 1.54) is 16.7 Å². The van der Waals surface area contributed by atoms with Gasteiger partial charge in [0.05, 0.1) is 11.3 Å². The summed E-state index contributed by atoms with van der Waals surface area (Å²) in [5, 5.41) is 8.74. The normalized spacial score (nSPS) is 14.8. The van der Waals surface area contributed by atoms with Crippen LogP contribution in [0.4, 0.5) is 10.3 Å². The molecule has 1 amide bonds. The van der Waals surface area contributed by atoms with Crippen LogP contribution in [0.5, 0.6) is 0 Å². The number of nitriles is 1. The summed E-state index contributed by atoms with van der Waals surface area (Å²) in [5.74, 6) is -0.858. The molecule has 1 aromatic heterocycles. The fraction of sp³-hybridized carbons (Fsp3) is 0.333. The smallest absolute Gasteiger partial charge is 0.274 e. The highest BCUT2D eigenvalue weighted by Crippen LogP contribution is 2.28. The Bertz CT molecular complexity index is 1010. The molecule has 1 fully saturated rings. The first-order chi connectivity index (χ1) is 12.8. The van der Waals surface area contributed by atoms with Crippen molar-refractivity contribution in [1.82, 2.24) is 9.55 Å². The van der Waals surface area contributed by atoms with Crippen molar-refractivity contribution in [2.24, 2.45) is 18.7 Å². The van der Waals surface area contributed by atoms with Gasteiger partial charge < -0.3 is 10.6 Å². The fourth-order valence-corrected chi connectivity index (χ4v) is 3.43. The van der Waals surface area contributed by atoms with Gasteiger partial charge in [-0.2, -0.15) is 5.26 Å². The van der Waals surface area contributed by atoms with E-state index < -0.39 is 11.4 Å². The number of nitrogens with zero attached hydrogens (tertiary/aromatic N) is 4. The van der Waals surface area contributed by atoms with Gasteiger partial charge in [0.1, 0.15) is 16.9 Å². The zero-order valence-corrected chi connectivity index (χ0v) is 15.3. The molecule has 0 radical (unpaired) electrons. The molecule has 0 saturated carbocycles. The van der Waals surface area contributed by atoms with E-state index in [0.29, 0.717) is 37.4 Å². The quantitative estimate of drug-likeness (QED) is 0.861. The molecule has 3 rings (SSSR count). The summed E-state index contributed by atoms with van der Waals surface area (Å²) in [7, 11) is 1.56. The first-order valence-corrected chi connectivity index (χ1v) is 8.72. The fourth-order valence-electron chi connectivity index (χ4n) is 3.15. The largest absolute Gasteiger partial charge is 0.369 e. The van der Waals surface area contributed by atoms with Crippen molar-refractivity contribution in [1.29, 1.82) is 5.26 Å². The van der Waals surface area contributed by atoms with E-state index in [0.717, 1.165) is 6.07 Å². The van der Waals surface area contributed by atoms with E-state index in [4.69, 9.17) is 22.6 Å². The third-order valence-electron chi connectivity index (χ3n) is 4.76. The Hall–Kier alpha value is -2.92. The number of primary amides is 1. The first-order valence-electron chi connectivity index (χ1n) is 8.34. The Morgan fingerprint density at radius 1 is 1.41 bits per heavy atom. The van der Waals surface area contributed by atoms with Gasteiger partial charge in [-0.25, -0.2) is 9.37 Å². The summed E-state index contributed by atoms with van der Waals surface area (Å²) < 4.78 is 15.3. The van der Waals surface area contributed by atoms with Gasteiger partial charge in [0, 0.05) is 31.6 Å². The van der Waals surface area contributed by atoms with Gasteiger partial charge in [0.25, 0.3) is 5.56 Å². The summed E-state index contributed by atoms with van der Waals surface area (Å²) >= 11 is 6.17. The van der Waals surface area contributed by atoms with Gasteiger partial charge >= 0.3 is 0 Å².